The van der Waals surface area contributed by atoms with Gasteiger partial charge in [-0.05, 0) is 24.7 Å². The number of nitrogens with zero attached hydrogens (tertiary/aromatic N) is 1. The molecule has 0 aromatic carbocycles. The van der Waals surface area contributed by atoms with Crippen molar-refractivity contribution < 1.29 is 23.0 Å². The fourth-order valence-electron chi connectivity index (χ4n) is 3.78. The highest BCUT2D eigenvalue weighted by molar-refractivity contribution is 5.81. The van der Waals surface area contributed by atoms with Gasteiger partial charge in [0.25, 0.3) is 0 Å². The number of halogens is 2. The van der Waals surface area contributed by atoms with Gasteiger partial charge in [-0.25, -0.2) is 0 Å². The summed E-state index contributed by atoms with van der Waals surface area (Å²) in [5.74, 6) is 1.32. The summed E-state index contributed by atoms with van der Waals surface area (Å²) in [4.78, 5) is 13.8. The van der Waals surface area contributed by atoms with Gasteiger partial charge in [0.15, 0.2) is 0 Å². The molecular weight excluding hydrogens is 244 g/mol. The summed E-state index contributed by atoms with van der Waals surface area (Å²) in [5, 5.41) is 0. The summed E-state index contributed by atoms with van der Waals surface area (Å²) in [6.07, 6.45) is 1.91. The Morgan fingerprint density at radius 3 is 2.67 bits per heavy atom. The van der Waals surface area contributed by atoms with E-state index in [-0.39, 0.29) is 24.0 Å². The van der Waals surface area contributed by atoms with E-state index < -0.39 is 12.7 Å². The summed E-state index contributed by atoms with van der Waals surface area (Å²) in [6, 6.07) is 0. The number of carbonyl (C=O) groups excluding carboxylic acids is 1. The maximum Gasteiger partial charge on any atom is 0.345 e. The van der Waals surface area contributed by atoms with E-state index in [2.05, 4.69) is 4.74 Å². The maximum atomic E-state index is 12.2. The van der Waals surface area contributed by atoms with Crippen LogP contribution in [0.2, 0.25) is 0 Å². The Balaban J connectivity index is 1.33. The average molecular weight is 259 g/mol. The van der Waals surface area contributed by atoms with Crippen LogP contribution in [0.15, 0.2) is 0 Å². The molecule has 0 spiro atoms. The number of fused-ring (bicyclic) bond motifs is 5. The van der Waals surface area contributed by atoms with Crippen LogP contribution in [0.4, 0.5) is 8.78 Å². The summed E-state index contributed by atoms with van der Waals surface area (Å²) in [5.41, 5.74) is 0. The molecule has 4 fully saturated rings. The lowest BCUT2D eigenvalue weighted by molar-refractivity contribution is -0.200. The van der Waals surface area contributed by atoms with Crippen molar-refractivity contribution in [2.24, 2.45) is 17.8 Å². The fraction of sp³-hybridized carbons (Fsp3) is 0.917. The molecule has 4 aliphatic rings. The molecule has 4 nitrogen and oxygen atoms in total. The van der Waals surface area contributed by atoms with E-state index in [1.54, 1.807) is 4.90 Å². The predicted molar refractivity (Wildman–Crippen MR) is 55.8 cm³/mol. The van der Waals surface area contributed by atoms with Crippen molar-refractivity contribution in [3.63, 3.8) is 0 Å². The quantitative estimate of drug-likeness (QED) is 0.754. The van der Waals surface area contributed by atoms with Crippen LogP contribution < -0.4 is 0 Å². The zero-order valence-electron chi connectivity index (χ0n) is 9.80. The lowest BCUT2D eigenvalue weighted by atomic mass is 9.87. The number of ether oxygens (including phenoxy) is 2. The summed E-state index contributed by atoms with van der Waals surface area (Å²) in [7, 11) is 0. The van der Waals surface area contributed by atoms with E-state index >= 15 is 0 Å². The molecule has 0 radical (unpaired) electrons. The number of alkyl halides is 2. The summed E-state index contributed by atoms with van der Waals surface area (Å²) < 4.78 is 34.1. The first-order valence-corrected chi connectivity index (χ1v) is 6.51. The van der Waals surface area contributed by atoms with Gasteiger partial charge < -0.3 is 14.4 Å². The molecule has 0 unspecified atom stereocenters. The van der Waals surface area contributed by atoms with Crippen LogP contribution >= 0.6 is 0 Å². The Morgan fingerprint density at radius 1 is 1.28 bits per heavy atom. The molecule has 0 aromatic heterocycles. The van der Waals surface area contributed by atoms with Crippen molar-refractivity contribution in [2.45, 2.75) is 37.8 Å². The molecule has 100 valence electrons. The van der Waals surface area contributed by atoms with Gasteiger partial charge in [0.1, 0.15) is 0 Å². The Kier molecular flexibility index (Phi) is 2.24. The molecule has 3 heterocycles. The smallest absolute Gasteiger partial charge is 0.345 e. The standard InChI is InChI=1S/C12H15F2NO3/c13-12(14)17-5-3-15(4-5)11(16)8-2-9-6-1-7(6)10(8)18-9/h5-10,12H,1-4H2/t6-,7+,8-,9+,10+/m1/s1. The normalized spacial score (nSPS) is 45.3. The van der Waals surface area contributed by atoms with E-state index in [0.29, 0.717) is 24.9 Å². The summed E-state index contributed by atoms with van der Waals surface area (Å²) in [6.45, 7) is -2.15. The molecule has 4 rings (SSSR count). The van der Waals surface area contributed by atoms with E-state index in [1.165, 1.54) is 6.42 Å². The molecule has 3 saturated heterocycles. The van der Waals surface area contributed by atoms with Crippen LogP contribution in [0.5, 0.6) is 0 Å². The number of hydrogen-bond acceptors (Lipinski definition) is 3. The third-order valence-corrected chi connectivity index (χ3v) is 4.78. The number of carbonyl (C=O) groups is 1. The molecule has 1 saturated carbocycles. The minimum Gasteiger partial charge on any atom is -0.374 e. The van der Waals surface area contributed by atoms with Crippen LogP contribution in [0.1, 0.15) is 12.8 Å². The number of hydrogen-bond donors (Lipinski definition) is 0. The molecular formula is C12H15F2NO3. The van der Waals surface area contributed by atoms with Crippen molar-refractivity contribution in [1.29, 1.82) is 0 Å². The van der Waals surface area contributed by atoms with Crippen LogP contribution in [0.25, 0.3) is 0 Å². The first kappa shape index (κ1) is 11.1. The number of likely N-dealkylation sites (tertiary alicyclic amines) is 1. The zero-order valence-corrected chi connectivity index (χ0v) is 9.80. The topological polar surface area (TPSA) is 38.8 Å². The van der Waals surface area contributed by atoms with Gasteiger partial charge >= 0.3 is 6.61 Å². The first-order chi connectivity index (χ1) is 8.63. The minimum absolute atomic E-state index is 0.0359. The number of rotatable bonds is 3. The SMILES string of the molecule is O=C([C@@H]1C[C@@H]2O[C@H]1[C@H]1C[C@H]12)N1CC(OC(F)F)C1. The highest BCUT2D eigenvalue weighted by Crippen LogP contribution is 2.60. The second-order valence-corrected chi connectivity index (χ2v) is 5.81. The van der Waals surface area contributed by atoms with E-state index in [9.17, 15) is 13.6 Å². The largest absolute Gasteiger partial charge is 0.374 e. The van der Waals surface area contributed by atoms with Crippen LogP contribution in [0.3, 0.4) is 0 Å². The van der Waals surface area contributed by atoms with Crippen molar-refractivity contribution in [3.05, 3.63) is 0 Å². The second-order valence-electron chi connectivity index (χ2n) is 5.81. The van der Waals surface area contributed by atoms with Crippen molar-refractivity contribution >= 4 is 5.91 Å². The lowest BCUT2D eigenvalue weighted by Gasteiger charge is -2.40. The highest BCUT2D eigenvalue weighted by atomic mass is 19.3. The Morgan fingerprint density at radius 2 is 2.06 bits per heavy atom. The predicted octanol–water partition coefficient (Wildman–Crippen LogP) is 0.860. The molecule has 0 aromatic rings. The van der Waals surface area contributed by atoms with Crippen molar-refractivity contribution in [2.75, 3.05) is 13.1 Å². The zero-order chi connectivity index (χ0) is 12.4. The van der Waals surface area contributed by atoms with Crippen LogP contribution in [0, 0.1) is 17.8 Å². The monoisotopic (exact) mass is 259 g/mol. The van der Waals surface area contributed by atoms with Gasteiger partial charge in [-0.2, -0.15) is 8.78 Å². The third kappa shape index (κ3) is 1.51. The van der Waals surface area contributed by atoms with Gasteiger partial charge in [0, 0.05) is 13.1 Å². The van der Waals surface area contributed by atoms with Gasteiger partial charge in [-0.1, -0.05) is 0 Å². The molecule has 1 aliphatic carbocycles. The summed E-state index contributed by atoms with van der Waals surface area (Å²) >= 11 is 0. The molecule has 18 heavy (non-hydrogen) atoms. The van der Waals surface area contributed by atoms with E-state index in [4.69, 9.17) is 4.74 Å². The Hall–Kier alpha value is -0.750. The third-order valence-electron chi connectivity index (χ3n) is 4.78. The highest BCUT2D eigenvalue weighted by Gasteiger charge is 2.64. The fourth-order valence-corrected chi connectivity index (χ4v) is 3.78. The molecule has 1 amide bonds. The second kappa shape index (κ2) is 3.63. The average Bonchev–Trinajstić information content (AvgIpc) is 2.88. The molecule has 5 atom stereocenters. The van der Waals surface area contributed by atoms with Gasteiger partial charge in [-0.15, -0.1) is 0 Å². The van der Waals surface area contributed by atoms with Crippen molar-refractivity contribution in [3.8, 4) is 0 Å². The van der Waals surface area contributed by atoms with E-state index in [1.807, 2.05) is 0 Å². The molecule has 2 bridgehead atoms. The van der Waals surface area contributed by atoms with Crippen molar-refractivity contribution in [1.82, 2.24) is 4.90 Å². The van der Waals surface area contributed by atoms with Gasteiger partial charge in [0.2, 0.25) is 5.91 Å². The van der Waals surface area contributed by atoms with Crippen LogP contribution in [-0.4, -0.2) is 48.8 Å². The molecule has 3 aliphatic heterocycles. The number of amides is 1. The maximum absolute atomic E-state index is 12.2. The van der Waals surface area contributed by atoms with Gasteiger partial charge in [-0.3, -0.25) is 4.79 Å². The minimum atomic E-state index is -2.75. The van der Waals surface area contributed by atoms with Crippen LogP contribution in [-0.2, 0) is 14.3 Å². The lowest BCUT2D eigenvalue weighted by Crippen LogP contribution is -2.57. The Bertz CT molecular complexity index is 386. The van der Waals surface area contributed by atoms with E-state index in [0.717, 1.165) is 6.42 Å². The molecule has 6 heteroatoms. The van der Waals surface area contributed by atoms with Gasteiger partial charge in [0.05, 0.1) is 24.2 Å². The Labute approximate surface area is 103 Å². The first-order valence-electron chi connectivity index (χ1n) is 6.51. The molecule has 0 N–H and O–H groups in total.